The smallest absolute Gasteiger partial charge is 0.264 e. The first-order valence-electron chi connectivity index (χ1n) is 4.13. The molecule has 0 aromatic heterocycles. The van der Waals surface area contributed by atoms with Crippen LogP contribution in [0.2, 0.25) is 0 Å². The quantitative estimate of drug-likeness (QED) is 0.625. The van der Waals surface area contributed by atoms with E-state index in [0.717, 1.165) is 6.26 Å². The number of rotatable bonds is 4. The van der Waals surface area contributed by atoms with Gasteiger partial charge in [0.05, 0.1) is 19.0 Å². The van der Waals surface area contributed by atoms with Crippen LogP contribution in [-0.2, 0) is 23.8 Å². The van der Waals surface area contributed by atoms with Crippen molar-refractivity contribution in [3.05, 3.63) is 0 Å². The molecule has 1 aliphatic rings. The molecule has 1 rings (SSSR count). The predicted molar refractivity (Wildman–Crippen MR) is 47.1 cm³/mol. The summed E-state index contributed by atoms with van der Waals surface area (Å²) in [5, 5.41) is 9.41. The van der Waals surface area contributed by atoms with Crippen molar-refractivity contribution in [1.82, 2.24) is 0 Å². The fraction of sp³-hybridized carbons (Fsp3) is 1.00. The Balaban J connectivity index is 2.39. The fourth-order valence-corrected chi connectivity index (χ4v) is 1.56. The highest BCUT2D eigenvalue weighted by Crippen LogP contribution is 2.21. The molecule has 6 nitrogen and oxygen atoms in total. The molecule has 0 radical (unpaired) electrons. The van der Waals surface area contributed by atoms with Gasteiger partial charge in [-0.3, -0.25) is 4.18 Å². The van der Waals surface area contributed by atoms with Gasteiger partial charge in [-0.1, -0.05) is 0 Å². The zero-order valence-electron chi connectivity index (χ0n) is 8.04. The average molecular weight is 226 g/mol. The van der Waals surface area contributed by atoms with Gasteiger partial charge in [0, 0.05) is 13.5 Å². The second kappa shape index (κ2) is 4.54. The van der Waals surface area contributed by atoms with E-state index >= 15 is 0 Å². The summed E-state index contributed by atoms with van der Waals surface area (Å²) < 4.78 is 35.8. The van der Waals surface area contributed by atoms with E-state index in [1.54, 1.807) is 0 Å². The van der Waals surface area contributed by atoms with Crippen molar-refractivity contribution in [2.24, 2.45) is 0 Å². The molecule has 7 heteroatoms. The highest BCUT2D eigenvalue weighted by Gasteiger charge is 2.34. The van der Waals surface area contributed by atoms with E-state index in [2.05, 4.69) is 4.18 Å². The number of ether oxygens (including phenoxy) is 2. The minimum absolute atomic E-state index is 0.181. The molecule has 1 heterocycles. The summed E-state index contributed by atoms with van der Waals surface area (Å²) in [6.07, 6.45) is -0.606. The summed E-state index contributed by atoms with van der Waals surface area (Å²) in [7, 11) is -2.04. The Bertz CT molecular complexity index is 274. The number of aliphatic hydroxyl groups excluding tert-OH is 1. The highest BCUT2D eigenvalue weighted by atomic mass is 32.2. The summed E-state index contributed by atoms with van der Waals surface area (Å²) >= 11 is 0. The van der Waals surface area contributed by atoms with Crippen molar-refractivity contribution in [2.45, 2.75) is 24.9 Å². The van der Waals surface area contributed by atoms with E-state index in [1.807, 2.05) is 0 Å². The monoisotopic (exact) mass is 226 g/mol. The van der Waals surface area contributed by atoms with Gasteiger partial charge in [-0.2, -0.15) is 8.42 Å². The van der Waals surface area contributed by atoms with Crippen molar-refractivity contribution >= 4 is 10.1 Å². The van der Waals surface area contributed by atoms with Crippen molar-refractivity contribution < 1.29 is 27.2 Å². The van der Waals surface area contributed by atoms with E-state index in [9.17, 15) is 13.5 Å². The summed E-state index contributed by atoms with van der Waals surface area (Å²) in [6, 6.07) is 0. The summed E-state index contributed by atoms with van der Waals surface area (Å²) in [5.74, 6) is 0. The molecule has 1 saturated heterocycles. The predicted octanol–water partition coefficient (Wildman–Crippen LogP) is -0.915. The second-order valence-corrected chi connectivity index (χ2v) is 4.78. The first-order chi connectivity index (χ1) is 6.42. The molecule has 0 amide bonds. The molecular weight excluding hydrogens is 212 g/mol. The molecule has 0 saturated carbocycles. The van der Waals surface area contributed by atoms with Gasteiger partial charge in [0.1, 0.15) is 6.10 Å². The standard InChI is InChI=1S/C7H14O6S/c1-11-7-3-5(8)6(13-7)4-12-14(2,9)10/h5-8H,3-4H2,1-2H3/t5-,6+,7+/m0/s1. The van der Waals surface area contributed by atoms with E-state index in [1.165, 1.54) is 7.11 Å². The van der Waals surface area contributed by atoms with Gasteiger partial charge >= 0.3 is 0 Å². The number of aliphatic hydroxyl groups is 1. The van der Waals surface area contributed by atoms with Gasteiger partial charge in [0.2, 0.25) is 0 Å². The molecule has 0 unspecified atom stereocenters. The lowest BCUT2D eigenvalue weighted by Gasteiger charge is -2.13. The summed E-state index contributed by atoms with van der Waals surface area (Å²) in [4.78, 5) is 0. The Kier molecular flexibility index (Phi) is 3.85. The van der Waals surface area contributed by atoms with Crippen LogP contribution in [0.3, 0.4) is 0 Å². The fourth-order valence-electron chi connectivity index (χ4n) is 1.18. The van der Waals surface area contributed by atoms with Gasteiger partial charge in [-0.05, 0) is 0 Å². The molecule has 84 valence electrons. The van der Waals surface area contributed by atoms with Crippen LogP contribution in [-0.4, -0.2) is 52.0 Å². The SMILES string of the molecule is CO[C@H]1C[C@H](O)[C@@H](COS(C)(=O)=O)O1. The van der Waals surface area contributed by atoms with Gasteiger partial charge in [0.25, 0.3) is 10.1 Å². The molecule has 1 fully saturated rings. The van der Waals surface area contributed by atoms with Crippen molar-refractivity contribution in [3.8, 4) is 0 Å². The Morgan fingerprint density at radius 3 is 2.64 bits per heavy atom. The zero-order valence-corrected chi connectivity index (χ0v) is 8.86. The van der Waals surface area contributed by atoms with Crippen molar-refractivity contribution in [3.63, 3.8) is 0 Å². The lowest BCUT2D eigenvalue weighted by molar-refractivity contribution is -0.124. The summed E-state index contributed by atoms with van der Waals surface area (Å²) in [6.45, 7) is -0.181. The maximum atomic E-state index is 10.7. The number of hydrogen-bond donors (Lipinski definition) is 1. The van der Waals surface area contributed by atoms with Crippen LogP contribution >= 0.6 is 0 Å². The Morgan fingerprint density at radius 2 is 2.21 bits per heavy atom. The average Bonchev–Trinajstić information content (AvgIpc) is 2.42. The molecule has 0 bridgehead atoms. The molecule has 14 heavy (non-hydrogen) atoms. The third kappa shape index (κ3) is 3.50. The maximum Gasteiger partial charge on any atom is 0.264 e. The van der Waals surface area contributed by atoms with E-state index in [4.69, 9.17) is 9.47 Å². The molecule has 0 aromatic carbocycles. The van der Waals surface area contributed by atoms with Gasteiger partial charge in [-0.25, -0.2) is 0 Å². The second-order valence-electron chi connectivity index (χ2n) is 3.13. The largest absolute Gasteiger partial charge is 0.390 e. The minimum atomic E-state index is -3.49. The first-order valence-corrected chi connectivity index (χ1v) is 5.95. The van der Waals surface area contributed by atoms with Gasteiger partial charge in [-0.15, -0.1) is 0 Å². The number of methoxy groups -OCH3 is 1. The van der Waals surface area contributed by atoms with Crippen LogP contribution in [0.1, 0.15) is 6.42 Å². The molecule has 0 spiro atoms. The van der Waals surface area contributed by atoms with Crippen LogP contribution in [0.5, 0.6) is 0 Å². The number of hydrogen-bond acceptors (Lipinski definition) is 6. The van der Waals surface area contributed by atoms with Crippen LogP contribution in [0.4, 0.5) is 0 Å². The van der Waals surface area contributed by atoms with Crippen LogP contribution < -0.4 is 0 Å². The molecular formula is C7H14O6S. The van der Waals surface area contributed by atoms with E-state index < -0.39 is 28.6 Å². The molecule has 3 atom stereocenters. The third-order valence-electron chi connectivity index (χ3n) is 1.90. The molecule has 0 aromatic rings. The van der Waals surface area contributed by atoms with E-state index in [-0.39, 0.29) is 6.61 Å². The Morgan fingerprint density at radius 1 is 1.57 bits per heavy atom. The topological polar surface area (TPSA) is 82.1 Å². The zero-order chi connectivity index (χ0) is 10.8. The maximum absolute atomic E-state index is 10.7. The normalized spacial score (nSPS) is 33.5. The van der Waals surface area contributed by atoms with Crippen LogP contribution in [0.25, 0.3) is 0 Å². The van der Waals surface area contributed by atoms with Gasteiger partial charge < -0.3 is 14.6 Å². The highest BCUT2D eigenvalue weighted by molar-refractivity contribution is 7.85. The molecule has 1 N–H and O–H groups in total. The molecule has 1 aliphatic heterocycles. The van der Waals surface area contributed by atoms with Crippen molar-refractivity contribution in [1.29, 1.82) is 0 Å². The Labute approximate surface area is 82.9 Å². The van der Waals surface area contributed by atoms with Crippen molar-refractivity contribution in [2.75, 3.05) is 20.0 Å². The van der Waals surface area contributed by atoms with E-state index in [0.29, 0.717) is 6.42 Å². The van der Waals surface area contributed by atoms with Crippen LogP contribution in [0, 0.1) is 0 Å². The first kappa shape index (κ1) is 11.9. The summed E-state index contributed by atoms with van der Waals surface area (Å²) in [5.41, 5.74) is 0. The molecule has 0 aliphatic carbocycles. The van der Waals surface area contributed by atoms with Gasteiger partial charge in [0.15, 0.2) is 6.29 Å². The minimum Gasteiger partial charge on any atom is -0.390 e. The Hall–Kier alpha value is -0.210. The van der Waals surface area contributed by atoms with Crippen LogP contribution in [0.15, 0.2) is 0 Å². The lowest BCUT2D eigenvalue weighted by atomic mass is 10.2. The third-order valence-corrected chi connectivity index (χ3v) is 2.46. The lowest BCUT2D eigenvalue weighted by Crippen LogP contribution is -2.27.